The molecule has 1 saturated heterocycles. The number of benzene rings is 2. The lowest BCUT2D eigenvalue weighted by Gasteiger charge is -2.12. The second-order valence-electron chi connectivity index (χ2n) is 5.98. The normalized spacial score (nSPS) is 15.0. The van der Waals surface area contributed by atoms with Gasteiger partial charge in [-0.1, -0.05) is 6.07 Å². The summed E-state index contributed by atoms with van der Waals surface area (Å²) in [5, 5.41) is 11.3. The minimum Gasteiger partial charge on any atom is -0.508 e. The molecule has 0 unspecified atom stereocenters. The van der Waals surface area contributed by atoms with Crippen LogP contribution in [0.3, 0.4) is 0 Å². The van der Waals surface area contributed by atoms with Crippen molar-refractivity contribution in [1.82, 2.24) is 4.90 Å². The van der Waals surface area contributed by atoms with Crippen molar-refractivity contribution in [2.24, 2.45) is 0 Å². The van der Waals surface area contributed by atoms with E-state index in [1.807, 2.05) is 0 Å². The number of methoxy groups -OCH3 is 2. The number of phenols is 1. The molecule has 8 nitrogen and oxygen atoms in total. The molecule has 9 heteroatoms. The molecule has 0 bridgehead atoms. The zero-order valence-corrected chi connectivity index (χ0v) is 16.5. The van der Waals surface area contributed by atoms with Crippen LogP contribution in [0.5, 0.6) is 17.2 Å². The number of ether oxygens (including phenoxy) is 2. The van der Waals surface area contributed by atoms with Crippen LogP contribution in [0.25, 0.3) is 6.08 Å². The van der Waals surface area contributed by atoms with Crippen LogP contribution in [-0.4, -0.2) is 47.8 Å². The smallest absolute Gasteiger partial charge is 0.294 e. The first kappa shape index (κ1) is 20.3. The number of carbonyl (C=O) groups is 3. The highest BCUT2D eigenvalue weighted by molar-refractivity contribution is 8.18. The largest absolute Gasteiger partial charge is 0.508 e. The van der Waals surface area contributed by atoms with Crippen LogP contribution in [0.15, 0.2) is 47.4 Å². The SMILES string of the molecule is COc1ccc(C=C2SC(=O)N(CC(=O)Nc3ccc(O)cc3)C2=O)cc1OC. The number of thioether (sulfide) groups is 1. The highest BCUT2D eigenvalue weighted by atomic mass is 32.2. The fourth-order valence-electron chi connectivity index (χ4n) is 2.62. The minimum absolute atomic E-state index is 0.0641. The average molecular weight is 414 g/mol. The Labute approximate surface area is 171 Å². The van der Waals surface area contributed by atoms with E-state index >= 15 is 0 Å². The van der Waals surface area contributed by atoms with Gasteiger partial charge in [-0.3, -0.25) is 19.3 Å². The Hall–Kier alpha value is -3.46. The van der Waals surface area contributed by atoms with E-state index in [-0.39, 0.29) is 10.7 Å². The van der Waals surface area contributed by atoms with Crippen LogP contribution in [0.2, 0.25) is 0 Å². The van der Waals surface area contributed by atoms with Gasteiger partial charge in [-0.05, 0) is 59.8 Å². The van der Waals surface area contributed by atoms with Crippen molar-refractivity contribution in [3.8, 4) is 17.2 Å². The van der Waals surface area contributed by atoms with Crippen LogP contribution in [0, 0.1) is 0 Å². The van der Waals surface area contributed by atoms with Crippen molar-refractivity contribution in [2.75, 3.05) is 26.1 Å². The van der Waals surface area contributed by atoms with Crippen molar-refractivity contribution in [1.29, 1.82) is 0 Å². The second kappa shape index (κ2) is 8.70. The minimum atomic E-state index is -0.546. The first-order valence-electron chi connectivity index (χ1n) is 8.47. The molecule has 1 heterocycles. The van der Waals surface area contributed by atoms with Crippen molar-refractivity contribution < 1.29 is 29.0 Å². The number of imide groups is 1. The van der Waals surface area contributed by atoms with Crippen LogP contribution < -0.4 is 14.8 Å². The summed E-state index contributed by atoms with van der Waals surface area (Å²) in [4.78, 5) is 38.1. The maximum absolute atomic E-state index is 12.6. The van der Waals surface area contributed by atoms with E-state index < -0.39 is 23.6 Å². The summed E-state index contributed by atoms with van der Waals surface area (Å²) in [5.41, 5.74) is 1.10. The third-order valence-corrected chi connectivity index (χ3v) is 4.94. The van der Waals surface area contributed by atoms with Gasteiger partial charge in [-0.2, -0.15) is 0 Å². The molecule has 0 saturated carbocycles. The monoisotopic (exact) mass is 414 g/mol. The topological polar surface area (TPSA) is 105 Å². The van der Waals surface area contributed by atoms with Gasteiger partial charge in [0, 0.05) is 5.69 Å². The predicted octanol–water partition coefficient (Wildman–Crippen LogP) is 3.08. The Morgan fingerprint density at radius 1 is 1.10 bits per heavy atom. The number of nitrogens with zero attached hydrogens (tertiary/aromatic N) is 1. The van der Waals surface area contributed by atoms with Gasteiger partial charge in [-0.25, -0.2) is 0 Å². The second-order valence-corrected chi connectivity index (χ2v) is 6.97. The van der Waals surface area contributed by atoms with Crippen LogP contribution >= 0.6 is 11.8 Å². The third kappa shape index (κ3) is 4.69. The molecule has 2 aromatic rings. The predicted molar refractivity (Wildman–Crippen MR) is 109 cm³/mol. The first-order valence-corrected chi connectivity index (χ1v) is 9.29. The highest BCUT2D eigenvalue weighted by Gasteiger charge is 2.36. The van der Waals surface area contributed by atoms with E-state index in [1.54, 1.807) is 24.3 Å². The van der Waals surface area contributed by atoms with Gasteiger partial charge in [0.15, 0.2) is 11.5 Å². The average Bonchev–Trinajstić information content (AvgIpc) is 2.97. The van der Waals surface area contributed by atoms with Gasteiger partial charge in [0.25, 0.3) is 11.1 Å². The van der Waals surface area contributed by atoms with Crippen molar-refractivity contribution >= 4 is 40.6 Å². The Bertz CT molecular complexity index is 987. The van der Waals surface area contributed by atoms with Crippen molar-refractivity contribution in [2.45, 2.75) is 0 Å². The summed E-state index contributed by atoms with van der Waals surface area (Å²) < 4.78 is 10.4. The zero-order valence-electron chi connectivity index (χ0n) is 15.7. The van der Waals surface area contributed by atoms with Gasteiger partial charge < -0.3 is 19.9 Å². The number of aromatic hydroxyl groups is 1. The molecular weight excluding hydrogens is 396 g/mol. The maximum Gasteiger partial charge on any atom is 0.294 e. The summed E-state index contributed by atoms with van der Waals surface area (Å²) in [5.74, 6) is 0.0349. The van der Waals surface area contributed by atoms with Crippen molar-refractivity contribution in [3.63, 3.8) is 0 Å². The van der Waals surface area contributed by atoms with Gasteiger partial charge >= 0.3 is 0 Å². The lowest BCUT2D eigenvalue weighted by Crippen LogP contribution is -2.36. The van der Waals surface area contributed by atoms with E-state index in [0.717, 1.165) is 16.7 Å². The van der Waals surface area contributed by atoms with Gasteiger partial charge in [0.2, 0.25) is 5.91 Å². The fourth-order valence-corrected chi connectivity index (χ4v) is 3.46. The quantitative estimate of drug-likeness (QED) is 0.553. The number of nitrogens with one attached hydrogen (secondary N) is 1. The molecule has 0 spiro atoms. The molecule has 2 N–H and O–H groups in total. The molecule has 3 rings (SSSR count). The summed E-state index contributed by atoms with van der Waals surface area (Å²) in [6.07, 6.45) is 1.56. The van der Waals surface area contributed by atoms with E-state index in [1.165, 1.54) is 38.5 Å². The number of rotatable bonds is 6. The number of anilines is 1. The lowest BCUT2D eigenvalue weighted by molar-refractivity contribution is -0.127. The van der Waals surface area contributed by atoms with Gasteiger partial charge in [-0.15, -0.1) is 0 Å². The van der Waals surface area contributed by atoms with E-state index in [9.17, 15) is 19.5 Å². The first-order chi connectivity index (χ1) is 13.9. The molecule has 2 aromatic carbocycles. The highest BCUT2D eigenvalue weighted by Crippen LogP contribution is 2.34. The number of carbonyl (C=O) groups excluding carboxylic acids is 3. The molecule has 1 fully saturated rings. The van der Waals surface area contributed by atoms with Crippen molar-refractivity contribution in [3.05, 3.63) is 52.9 Å². The standard InChI is InChI=1S/C20H18N2O6S/c1-27-15-8-3-12(9-16(15)28-2)10-17-19(25)22(20(26)29-17)11-18(24)21-13-4-6-14(23)7-5-13/h3-10,23H,11H2,1-2H3,(H,21,24). The molecule has 3 amide bonds. The number of phenolic OH excluding ortho intramolecular Hbond substituents is 1. The molecule has 1 aliphatic heterocycles. The molecule has 0 radical (unpaired) electrons. The van der Waals surface area contributed by atoms with E-state index in [0.29, 0.717) is 22.7 Å². The van der Waals surface area contributed by atoms with E-state index in [4.69, 9.17) is 9.47 Å². The summed E-state index contributed by atoms with van der Waals surface area (Å²) in [7, 11) is 3.02. The van der Waals surface area contributed by atoms with Gasteiger partial charge in [0.1, 0.15) is 12.3 Å². The molecule has 0 aromatic heterocycles. The summed E-state index contributed by atoms with van der Waals surface area (Å²) in [6.45, 7) is -0.408. The Morgan fingerprint density at radius 2 is 1.79 bits per heavy atom. The molecule has 0 aliphatic carbocycles. The molecular formula is C20H18N2O6S. The maximum atomic E-state index is 12.6. The van der Waals surface area contributed by atoms with E-state index in [2.05, 4.69) is 5.32 Å². The molecule has 150 valence electrons. The summed E-state index contributed by atoms with van der Waals surface area (Å²) in [6, 6.07) is 11.0. The third-order valence-electron chi connectivity index (χ3n) is 4.03. The Balaban J connectivity index is 1.71. The zero-order chi connectivity index (χ0) is 21.0. The van der Waals surface area contributed by atoms with Gasteiger partial charge in [0.05, 0.1) is 19.1 Å². The van der Waals surface area contributed by atoms with Crippen LogP contribution in [0.1, 0.15) is 5.56 Å². The van der Waals surface area contributed by atoms with Crippen LogP contribution in [0.4, 0.5) is 10.5 Å². The Morgan fingerprint density at radius 3 is 2.45 bits per heavy atom. The molecule has 0 atom stereocenters. The number of hydrogen-bond acceptors (Lipinski definition) is 7. The van der Waals surface area contributed by atoms with Crippen LogP contribution in [-0.2, 0) is 9.59 Å². The Kier molecular flexibility index (Phi) is 6.08. The number of amides is 3. The fraction of sp³-hybridized carbons (Fsp3) is 0.150. The molecule has 1 aliphatic rings. The lowest BCUT2D eigenvalue weighted by atomic mass is 10.2. The molecule has 29 heavy (non-hydrogen) atoms. The number of hydrogen-bond donors (Lipinski definition) is 2. The summed E-state index contributed by atoms with van der Waals surface area (Å²) >= 11 is 0.764.